The maximum Gasteiger partial charge on any atom is 0.220 e. The van der Waals surface area contributed by atoms with Crippen LogP contribution in [0.5, 0.6) is 0 Å². The number of aryl methyl sites for hydroxylation is 1. The molecule has 0 saturated heterocycles. The van der Waals surface area contributed by atoms with Crippen molar-refractivity contribution in [3.05, 3.63) is 17.5 Å². The number of sulfonamides is 1. The molecular weight excluding hydrogens is 232 g/mol. The van der Waals surface area contributed by atoms with E-state index in [9.17, 15) is 8.42 Å². The second-order valence-corrected chi connectivity index (χ2v) is 5.37. The van der Waals surface area contributed by atoms with Crippen molar-refractivity contribution in [3.63, 3.8) is 0 Å². The summed E-state index contributed by atoms with van der Waals surface area (Å²) < 4.78 is 29.7. The summed E-state index contributed by atoms with van der Waals surface area (Å²) in [6, 6.07) is 1.59. The van der Waals surface area contributed by atoms with Crippen molar-refractivity contribution in [2.75, 3.05) is 19.7 Å². The third kappa shape index (κ3) is 3.29. The van der Waals surface area contributed by atoms with Gasteiger partial charge in [-0.15, -0.1) is 0 Å². The topological polar surface area (TPSA) is 83.6 Å². The summed E-state index contributed by atoms with van der Waals surface area (Å²) in [6.45, 7) is 3.68. The maximum absolute atomic E-state index is 11.9. The van der Waals surface area contributed by atoms with Gasteiger partial charge in [0.25, 0.3) is 0 Å². The Labute approximate surface area is 94.9 Å². The van der Waals surface area contributed by atoms with E-state index in [4.69, 9.17) is 9.63 Å². The van der Waals surface area contributed by atoms with E-state index in [1.165, 1.54) is 4.31 Å². The number of aliphatic hydroxyl groups is 1. The predicted molar refractivity (Wildman–Crippen MR) is 58.2 cm³/mol. The van der Waals surface area contributed by atoms with Gasteiger partial charge < -0.3 is 9.63 Å². The quantitative estimate of drug-likeness (QED) is 0.773. The number of hydrogen-bond donors (Lipinski definition) is 1. The minimum atomic E-state index is -3.42. The van der Waals surface area contributed by atoms with Gasteiger partial charge in [-0.1, -0.05) is 12.1 Å². The molecule has 1 N–H and O–H groups in total. The Morgan fingerprint density at radius 2 is 2.25 bits per heavy atom. The van der Waals surface area contributed by atoms with Crippen molar-refractivity contribution in [1.82, 2.24) is 9.46 Å². The summed E-state index contributed by atoms with van der Waals surface area (Å²) >= 11 is 0. The average molecular weight is 248 g/mol. The van der Waals surface area contributed by atoms with E-state index in [0.717, 1.165) is 0 Å². The van der Waals surface area contributed by atoms with E-state index in [1.807, 2.05) is 0 Å². The lowest BCUT2D eigenvalue weighted by Gasteiger charge is -2.18. The summed E-state index contributed by atoms with van der Waals surface area (Å²) in [7, 11) is -3.42. The molecule has 0 bridgehead atoms. The Morgan fingerprint density at radius 1 is 1.56 bits per heavy atom. The summed E-state index contributed by atoms with van der Waals surface area (Å²) in [6.07, 6.45) is 0. The SMILES string of the molecule is CCN(CCO)S(=O)(=O)Cc1cc(C)on1. The molecule has 1 rings (SSSR count). The Balaban J connectivity index is 2.77. The molecule has 0 aliphatic carbocycles. The highest BCUT2D eigenvalue weighted by Gasteiger charge is 2.21. The summed E-state index contributed by atoms with van der Waals surface area (Å²) in [5.41, 5.74) is 0.383. The van der Waals surface area contributed by atoms with E-state index in [2.05, 4.69) is 5.16 Å². The van der Waals surface area contributed by atoms with E-state index in [1.54, 1.807) is 19.9 Å². The first kappa shape index (κ1) is 13.1. The molecule has 0 spiro atoms. The van der Waals surface area contributed by atoms with Gasteiger partial charge in [-0.2, -0.15) is 4.31 Å². The van der Waals surface area contributed by atoms with Gasteiger partial charge in [0.05, 0.1) is 6.61 Å². The molecule has 6 nitrogen and oxygen atoms in total. The number of aliphatic hydroxyl groups excluding tert-OH is 1. The molecule has 0 aliphatic heterocycles. The van der Waals surface area contributed by atoms with Gasteiger partial charge in [-0.25, -0.2) is 8.42 Å². The Kier molecular flexibility index (Phi) is 4.45. The van der Waals surface area contributed by atoms with Crippen molar-refractivity contribution >= 4 is 10.0 Å². The molecule has 1 aromatic heterocycles. The van der Waals surface area contributed by atoms with Crippen LogP contribution in [0.1, 0.15) is 18.4 Å². The van der Waals surface area contributed by atoms with Crippen LogP contribution in [0, 0.1) is 6.92 Å². The molecule has 7 heteroatoms. The zero-order valence-corrected chi connectivity index (χ0v) is 10.2. The minimum Gasteiger partial charge on any atom is -0.395 e. The number of rotatable bonds is 6. The molecule has 0 radical (unpaired) electrons. The fourth-order valence-electron chi connectivity index (χ4n) is 1.37. The molecule has 0 saturated carbocycles. The fourth-order valence-corrected chi connectivity index (χ4v) is 2.82. The van der Waals surface area contributed by atoms with Gasteiger partial charge in [0.1, 0.15) is 17.2 Å². The zero-order valence-electron chi connectivity index (χ0n) is 9.38. The molecule has 0 amide bonds. The Hall–Kier alpha value is -0.920. The standard InChI is InChI=1S/C9H16N2O4S/c1-3-11(4-5-12)16(13,14)7-9-6-8(2)15-10-9/h6,12H,3-5,7H2,1-2H3. The van der Waals surface area contributed by atoms with Crippen LogP contribution in [0.15, 0.2) is 10.6 Å². The molecule has 1 aromatic rings. The largest absolute Gasteiger partial charge is 0.395 e. The second-order valence-electron chi connectivity index (χ2n) is 3.40. The molecule has 92 valence electrons. The van der Waals surface area contributed by atoms with Crippen LogP contribution in [0.25, 0.3) is 0 Å². The highest BCUT2D eigenvalue weighted by molar-refractivity contribution is 7.88. The number of hydrogen-bond acceptors (Lipinski definition) is 5. The second kappa shape index (κ2) is 5.42. The number of likely N-dealkylation sites (N-methyl/N-ethyl adjacent to an activating group) is 1. The molecule has 1 heterocycles. The summed E-state index contributed by atoms with van der Waals surface area (Å²) in [5, 5.41) is 12.4. The molecule has 0 aliphatic rings. The van der Waals surface area contributed by atoms with Crippen molar-refractivity contribution in [2.24, 2.45) is 0 Å². The highest BCUT2D eigenvalue weighted by Crippen LogP contribution is 2.10. The fraction of sp³-hybridized carbons (Fsp3) is 0.667. The smallest absolute Gasteiger partial charge is 0.220 e. The van der Waals surface area contributed by atoms with Crippen molar-refractivity contribution in [3.8, 4) is 0 Å². The van der Waals surface area contributed by atoms with E-state index >= 15 is 0 Å². The first-order chi connectivity index (χ1) is 7.49. The van der Waals surface area contributed by atoms with Crippen LogP contribution in [0.4, 0.5) is 0 Å². The van der Waals surface area contributed by atoms with Gasteiger partial charge in [-0.3, -0.25) is 0 Å². The van der Waals surface area contributed by atoms with Crippen molar-refractivity contribution in [1.29, 1.82) is 0 Å². The van der Waals surface area contributed by atoms with Gasteiger partial charge >= 0.3 is 0 Å². The molecule has 0 atom stereocenters. The van der Waals surface area contributed by atoms with Crippen LogP contribution < -0.4 is 0 Å². The lowest BCUT2D eigenvalue weighted by atomic mass is 10.4. The van der Waals surface area contributed by atoms with Gasteiger partial charge in [0.2, 0.25) is 10.0 Å². The lowest BCUT2D eigenvalue weighted by molar-refractivity contribution is 0.257. The van der Waals surface area contributed by atoms with E-state index < -0.39 is 10.0 Å². The molecule has 0 unspecified atom stereocenters. The monoisotopic (exact) mass is 248 g/mol. The molecule has 16 heavy (non-hydrogen) atoms. The van der Waals surface area contributed by atoms with Crippen LogP contribution >= 0.6 is 0 Å². The highest BCUT2D eigenvalue weighted by atomic mass is 32.2. The molecule has 0 aromatic carbocycles. The minimum absolute atomic E-state index is 0.107. The van der Waals surface area contributed by atoms with Crippen LogP contribution in [0.2, 0.25) is 0 Å². The third-order valence-electron chi connectivity index (χ3n) is 2.10. The number of nitrogens with zero attached hydrogens (tertiary/aromatic N) is 2. The normalized spacial score (nSPS) is 12.2. The van der Waals surface area contributed by atoms with Crippen LogP contribution in [-0.2, 0) is 15.8 Å². The predicted octanol–water partition coefficient (Wildman–Crippen LogP) is 0.127. The summed E-state index contributed by atoms with van der Waals surface area (Å²) in [4.78, 5) is 0. The van der Waals surface area contributed by atoms with E-state index in [-0.39, 0.29) is 18.9 Å². The van der Waals surface area contributed by atoms with E-state index in [0.29, 0.717) is 18.0 Å². The first-order valence-corrected chi connectivity index (χ1v) is 6.61. The molecular formula is C9H16N2O4S. The van der Waals surface area contributed by atoms with Gasteiger partial charge in [-0.05, 0) is 6.92 Å². The Bertz CT molecular complexity index is 426. The van der Waals surface area contributed by atoms with Crippen LogP contribution in [0.3, 0.4) is 0 Å². The first-order valence-electron chi connectivity index (χ1n) is 5.00. The molecule has 0 fully saturated rings. The summed E-state index contributed by atoms with van der Waals surface area (Å²) in [5.74, 6) is 0.383. The average Bonchev–Trinajstić information content (AvgIpc) is 2.59. The number of aromatic nitrogens is 1. The Morgan fingerprint density at radius 3 is 2.69 bits per heavy atom. The van der Waals surface area contributed by atoms with Gasteiger partial charge in [0.15, 0.2) is 0 Å². The van der Waals surface area contributed by atoms with Crippen LogP contribution in [-0.4, -0.2) is 42.7 Å². The van der Waals surface area contributed by atoms with Crippen molar-refractivity contribution < 1.29 is 18.0 Å². The maximum atomic E-state index is 11.9. The van der Waals surface area contributed by atoms with Gasteiger partial charge in [0, 0.05) is 19.2 Å². The third-order valence-corrected chi connectivity index (χ3v) is 3.99. The zero-order chi connectivity index (χ0) is 12.2. The van der Waals surface area contributed by atoms with Crippen molar-refractivity contribution in [2.45, 2.75) is 19.6 Å². The lowest BCUT2D eigenvalue weighted by Crippen LogP contribution is -2.34.